The molecule has 0 spiro atoms. The quantitative estimate of drug-likeness (QED) is 0.757. The minimum absolute atomic E-state index is 0.743. The molecular weight excluding hydrogens is 412 g/mol. The normalized spacial score (nSPS) is 10.3. The van der Waals surface area contributed by atoms with E-state index < -0.39 is 0 Å². The van der Waals surface area contributed by atoms with Crippen molar-refractivity contribution in [1.82, 2.24) is 4.98 Å². The highest BCUT2D eigenvalue weighted by Gasteiger charge is 2.02. The molecule has 1 aromatic heterocycles. The summed E-state index contributed by atoms with van der Waals surface area (Å²) in [5, 5.41) is 3.28. The van der Waals surface area contributed by atoms with Gasteiger partial charge in [0.15, 0.2) is 0 Å². The molecule has 2 aromatic rings. The molecule has 0 fully saturated rings. The first-order valence-corrected chi connectivity index (χ1v) is 7.32. The SMILES string of the molecule is Brc1cccc(CNc2ncc(Br)cc2Br)c1. The van der Waals surface area contributed by atoms with E-state index in [0.717, 1.165) is 25.8 Å². The van der Waals surface area contributed by atoms with Crippen LogP contribution in [-0.2, 0) is 6.54 Å². The van der Waals surface area contributed by atoms with Crippen LogP contribution in [0.1, 0.15) is 5.56 Å². The number of hydrogen-bond donors (Lipinski definition) is 1. The first-order chi connectivity index (χ1) is 8.15. The molecule has 1 heterocycles. The summed E-state index contributed by atoms with van der Waals surface area (Å²) in [7, 11) is 0. The number of benzene rings is 1. The van der Waals surface area contributed by atoms with Crippen molar-refractivity contribution < 1.29 is 0 Å². The number of aromatic nitrogens is 1. The maximum absolute atomic E-state index is 4.30. The molecule has 0 saturated carbocycles. The highest BCUT2D eigenvalue weighted by molar-refractivity contribution is 9.11. The zero-order valence-corrected chi connectivity index (χ0v) is 13.5. The third kappa shape index (κ3) is 3.79. The fourth-order valence-corrected chi connectivity index (χ4v) is 2.95. The predicted octanol–water partition coefficient (Wildman–Crippen LogP) is 4.98. The summed E-state index contributed by atoms with van der Waals surface area (Å²) < 4.78 is 2.99. The summed E-state index contributed by atoms with van der Waals surface area (Å²) in [6, 6.07) is 10.2. The minimum Gasteiger partial charge on any atom is -0.365 e. The van der Waals surface area contributed by atoms with Gasteiger partial charge in [0.2, 0.25) is 0 Å². The lowest BCUT2D eigenvalue weighted by atomic mass is 10.2. The Morgan fingerprint density at radius 1 is 1.06 bits per heavy atom. The standard InChI is InChI=1S/C12H9Br3N2/c13-9-3-1-2-8(4-9)6-16-12-11(15)5-10(14)7-17-12/h1-5,7H,6H2,(H,16,17). The molecule has 2 rings (SSSR count). The molecule has 0 aliphatic rings. The number of nitrogens with zero attached hydrogens (tertiary/aromatic N) is 1. The van der Waals surface area contributed by atoms with Gasteiger partial charge in [0.1, 0.15) is 5.82 Å². The van der Waals surface area contributed by atoms with Crippen LogP contribution in [0.5, 0.6) is 0 Å². The summed E-state index contributed by atoms with van der Waals surface area (Å²) in [5.74, 6) is 0.841. The summed E-state index contributed by atoms with van der Waals surface area (Å²) in [6.07, 6.45) is 1.77. The molecule has 5 heteroatoms. The molecule has 1 aromatic carbocycles. The average Bonchev–Trinajstić information content (AvgIpc) is 2.28. The highest BCUT2D eigenvalue weighted by Crippen LogP contribution is 2.24. The molecule has 0 unspecified atom stereocenters. The van der Waals surface area contributed by atoms with E-state index in [9.17, 15) is 0 Å². The molecule has 0 aliphatic carbocycles. The maximum Gasteiger partial charge on any atom is 0.140 e. The fraction of sp³-hybridized carbons (Fsp3) is 0.0833. The largest absolute Gasteiger partial charge is 0.365 e. The average molecular weight is 421 g/mol. The minimum atomic E-state index is 0.743. The van der Waals surface area contributed by atoms with E-state index in [0.29, 0.717) is 0 Å². The number of anilines is 1. The van der Waals surface area contributed by atoms with Crippen LogP contribution in [0.4, 0.5) is 5.82 Å². The molecule has 88 valence electrons. The highest BCUT2D eigenvalue weighted by atomic mass is 79.9. The second-order valence-corrected chi connectivity index (χ2v) is 6.15. The molecule has 17 heavy (non-hydrogen) atoms. The van der Waals surface area contributed by atoms with E-state index >= 15 is 0 Å². The van der Waals surface area contributed by atoms with Gasteiger partial charge in [-0.25, -0.2) is 4.98 Å². The van der Waals surface area contributed by atoms with Crippen molar-refractivity contribution in [2.45, 2.75) is 6.54 Å². The monoisotopic (exact) mass is 418 g/mol. The second-order valence-electron chi connectivity index (χ2n) is 3.47. The third-order valence-electron chi connectivity index (χ3n) is 2.16. The number of hydrogen-bond acceptors (Lipinski definition) is 2. The molecule has 0 atom stereocenters. The number of rotatable bonds is 3. The van der Waals surface area contributed by atoms with Gasteiger partial charge in [-0.3, -0.25) is 0 Å². The molecule has 1 N–H and O–H groups in total. The van der Waals surface area contributed by atoms with Gasteiger partial charge in [-0.2, -0.15) is 0 Å². The van der Waals surface area contributed by atoms with Crippen LogP contribution >= 0.6 is 47.8 Å². The van der Waals surface area contributed by atoms with E-state index in [1.807, 2.05) is 18.2 Å². The van der Waals surface area contributed by atoms with Crippen LogP contribution in [0.2, 0.25) is 0 Å². The van der Waals surface area contributed by atoms with E-state index in [2.05, 4.69) is 70.2 Å². The number of halogens is 3. The van der Waals surface area contributed by atoms with E-state index in [4.69, 9.17) is 0 Å². The van der Waals surface area contributed by atoms with Crippen molar-refractivity contribution in [3.05, 3.63) is 55.5 Å². The van der Waals surface area contributed by atoms with Gasteiger partial charge in [-0.15, -0.1) is 0 Å². The molecule has 0 radical (unpaired) electrons. The van der Waals surface area contributed by atoms with Crippen LogP contribution in [0.3, 0.4) is 0 Å². The second kappa shape index (κ2) is 5.98. The zero-order valence-electron chi connectivity index (χ0n) is 8.75. The molecule has 0 aliphatic heterocycles. The van der Waals surface area contributed by atoms with Crippen LogP contribution in [-0.4, -0.2) is 4.98 Å². The lowest BCUT2D eigenvalue weighted by Crippen LogP contribution is -2.01. The topological polar surface area (TPSA) is 24.9 Å². The van der Waals surface area contributed by atoms with Gasteiger partial charge in [-0.05, 0) is 55.6 Å². The van der Waals surface area contributed by atoms with Crippen LogP contribution in [0, 0.1) is 0 Å². The van der Waals surface area contributed by atoms with Crippen LogP contribution in [0.15, 0.2) is 49.9 Å². The fourth-order valence-electron chi connectivity index (χ4n) is 1.38. The number of nitrogens with one attached hydrogen (secondary N) is 1. The molecule has 0 saturated heterocycles. The summed E-state index contributed by atoms with van der Waals surface area (Å²) in [4.78, 5) is 4.30. The Balaban J connectivity index is 2.07. The Kier molecular flexibility index (Phi) is 4.59. The maximum atomic E-state index is 4.30. The summed E-state index contributed by atoms with van der Waals surface area (Å²) in [5.41, 5.74) is 1.20. The molecule has 0 bridgehead atoms. The summed E-state index contributed by atoms with van der Waals surface area (Å²) in [6.45, 7) is 0.743. The van der Waals surface area contributed by atoms with Gasteiger partial charge < -0.3 is 5.32 Å². The Bertz CT molecular complexity index is 529. The first-order valence-electron chi connectivity index (χ1n) is 4.94. The van der Waals surface area contributed by atoms with Crippen molar-refractivity contribution in [2.24, 2.45) is 0 Å². The van der Waals surface area contributed by atoms with Gasteiger partial charge in [0.05, 0.1) is 4.47 Å². The van der Waals surface area contributed by atoms with Crippen molar-refractivity contribution in [3.8, 4) is 0 Å². The van der Waals surface area contributed by atoms with Crippen LogP contribution in [0.25, 0.3) is 0 Å². The Morgan fingerprint density at radius 3 is 2.59 bits per heavy atom. The van der Waals surface area contributed by atoms with Gasteiger partial charge in [0, 0.05) is 21.7 Å². The lowest BCUT2D eigenvalue weighted by Gasteiger charge is -2.08. The molecular formula is C12H9Br3N2. The van der Waals surface area contributed by atoms with Crippen LogP contribution < -0.4 is 5.32 Å². The molecule has 2 nitrogen and oxygen atoms in total. The third-order valence-corrected chi connectivity index (χ3v) is 3.69. The number of pyridine rings is 1. The van der Waals surface area contributed by atoms with Gasteiger partial charge >= 0.3 is 0 Å². The van der Waals surface area contributed by atoms with Crippen molar-refractivity contribution in [2.75, 3.05) is 5.32 Å². The zero-order chi connectivity index (χ0) is 12.3. The van der Waals surface area contributed by atoms with E-state index in [-0.39, 0.29) is 0 Å². The van der Waals surface area contributed by atoms with Gasteiger partial charge in [-0.1, -0.05) is 28.1 Å². The predicted molar refractivity (Wildman–Crippen MR) is 81.1 cm³/mol. The van der Waals surface area contributed by atoms with Gasteiger partial charge in [0.25, 0.3) is 0 Å². The lowest BCUT2D eigenvalue weighted by molar-refractivity contribution is 1.10. The van der Waals surface area contributed by atoms with E-state index in [1.54, 1.807) is 6.20 Å². The smallest absolute Gasteiger partial charge is 0.140 e. The van der Waals surface area contributed by atoms with E-state index in [1.165, 1.54) is 5.56 Å². The molecule has 0 amide bonds. The van der Waals surface area contributed by atoms with Crippen molar-refractivity contribution >= 4 is 53.6 Å². The Labute approximate surface area is 125 Å². The summed E-state index contributed by atoms with van der Waals surface area (Å²) >= 11 is 10.3. The Morgan fingerprint density at radius 2 is 1.88 bits per heavy atom. The van der Waals surface area contributed by atoms with Crippen molar-refractivity contribution in [1.29, 1.82) is 0 Å². The Hall–Kier alpha value is -0.390. The first kappa shape index (κ1) is 13.1. The van der Waals surface area contributed by atoms with Crippen molar-refractivity contribution in [3.63, 3.8) is 0 Å².